The highest BCUT2D eigenvalue weighted by Gasteiger charge is 2.20. The van der Waals surface area contributed by atoms with Gasteiger partial charge in [0.05, 0.1) is 0 Å². The van der Waals surface area contributed by atoms with Crippen LogP contribution in [0.2, 0.25) is 0 Å². The summed E-state index contributed by atoms with van der Waals surface area (Å²) in [5, 5.41) is 3.62. The first-order valence-corrected chi connectivity index (χ1v) is 5.83. The Morgan fingerprint density at radius 2 is 2.08 bits per heavy atom. The summed E-state index contributed by atoms with van der Waals surface area (Å²) in [4.78, 5) is 2.62. The first-order chi connectivity index (χ1) is 6.36. The van der Waals surface area contributed by atoms with Crippen molar-refractivity contribution in [2.24, 2.45) is 0 Å². The summed E-state index contributed by atoms with van der Waals surface area (Å²) in [5.41, 5.74) is 0. The maximum absolute atomic E-state index is 3.62. The second-order valence-electron chi connectivity index (χ2n) is 4.61. The minimum atomic E-state index is 0.836. The third-order valence-electron chi connectivity index (χ3n) is 3.63. The smallest absolute Gasteiger partial charge is 0.0110 e. The molecule has 2 nitrogen and oxygen atoms in total. The normalized spacial score (nSPS) is 30.7. The van der Waals surface area contributed by atoms with Crippen LogP contribution >= 0.6 is 0 Å². The van der Waals surface area contributed by atoms with E-state index >= 15 is 0 Å². The highest BCUT2D eigenvalue weighted by atomic mass is 15.2. The number of hydrogen-bond donors (Lipinski definition) is 1. The average molecular weight is 182 g/mol. The molecule has 13 heavy (non-hydrogen) atoms. The molecule has 2 aliphatic rings. The fourth-order valence-electron chi connectivity index (χ4n) is 2.35. The van der Waals surface area contributed by atoms with Crippen LogP contribution in [0.15, 0.2) is 0 Å². The molecule has 2 rings (SSSR count). The summed E-state index contributed by atoms with van der Waals surface area (Å²) in [7, 11) is 0. The molecule has 0 spiro atoms. The van der Waals surface area contributed by atoms with Gasteiger partial charge in [-0.2, -0.15) is 0 Å². The Morgan fingerprint density at radius 1 is 1.23 bits per heavy atom. The minimum absolute atomic E-state index is 0.836. The molecule has 1 N–H and O–H groups in total. The Bertz CT molecular complexity index is 154. The fourth-order valence-corrected chi connectivity index (χ4v) is 2.35. The maximum atomic E-state index is 3.62. The molecule has 1 heterocycles. The second-order valence-corrected chi connectivity index (χ2v) is 4.61. The molecule has 1 saturated carbocycles. The van der Waals surface area contributed by atoms with Crippen LogP contribution in [0.1, 0.15) is 39.0 Å². The standard InChI is InChI=1S/C11H22N2/c1-10-4-3-8-13(10)9-7-12-11-5-2-6-11/h10-12H,2-9H2,1H3. The summed E-state index contributed by atoms with van der Waals surface area (Å²) in [6, 6.07) is 1.70. The van der Waals surface area contributed by atoms with Gasteiger partial charge in [-0.1, -0.05) is 6.42 Å². The average Bonchev–Trinajstić information content (AvgIpc) is 2.42. The third kappa shape index (κ3) is 2.44. The minimum Gasteiger partial charge on any atom is -0.313 e. The molecule has 1 aliphatic heterocycles. The van der Waals surface area contributed by atoms with E-state index in [0.29, 0.717) is 0 Å². The Morgan fingerprint density at radius 3 is 2.62 bits per heavy atom. The van der Waals surface area contributed by atoms with Gasteiger partial charge >= 0.3 is 0 Å². The number of hydrogen-bond acceptors (Lipinski definition) is 2. The van der Waals surface area contributed by atoms with Gasteiger partial charge in [-0.3, -0.25) is 4.90 Å². The first-order valence-electron chi connectivity index (χ1n) is 5.83. The first kappa shape index (κ1) is 9.47. The molecule has 1 aliphatic carbocycles. The second kappa shape index (κ2) is 4.43. The largest absolute Gasteiger partial charge is 0.313 e. The van der Waals surface area contributed by atoms with E-state index in [4.69, 9.17) is 0 Å². The molecular weight excluding hydrogens is 160 g/mol. The zero-order chi connectivity index (χ0) is 9.10. The van der Waals surface area contributed by atoms with E-state index in [0.717, 1.165) is 12.1 Å². The molecule has 0 bridgehead atoms. The van der Waals surface area contributed by atoms with Crippen molar-refractivity contribution in [3.05, 3.63) is 0 Å². The van der Waals surface area contributed by atoms with Crippen molar-refractivity contribution in [2.75, 3.05) is 19.6 Å². The summed E-state index contributed by atoms with van der Waals surface area (Å²) in [6.45, 7) is 6.15. The molecule has 2 fully saturated rings. The van der Waals surface area contributed by atoms with E-state index in [1.54, 1.807) is 0 Å². The molecule has 0 radical (unpaired) electrons. The molecule has 1 atom stereocenters. The molecule has 1 unspecified atom stereocenters. The van der Waals surface area contributed by atoms with Gasteiger partial charge in [-0.05, 0) is 39.2 Å². The summed E-state index contributed by atoms with van der Waals surface area (Å²) in [6.07, 6.45) is 7.08. The van der Waals surface area contributed by atoms with Crippen LogP contribution in [0.4, 0.5) is 0 Å². The molecule has 0 aromatic heterocycles. The Kier molecular flexibility index (Phi) is 3.23. The Labute approximate surface area is 81.7 Å². The van der Waals surface area contributed by atoms with Crippen molar-refractivity contribution in [2.45, 2.75) is 51.1 Å². The summed E-state index contributed by atoms with van der Waals surface area (Å²) in [5.74, 6) is 0. The van der Waals surface area contributed by atoms with Crippen molar-refractivity contribution in [3.8, 4) is 0 Å². The van der Waals surface area contributed by atoms with Crippen molar-refractivity contribution in [1.29, 1.82) is 0 Å². The van der Waals surface area contributed by atoms with Crippen molar-refractivity contribution >= 4 is 0 Å². The molecule has 0 aromatic carbocycles. The van der Waals surface area contributed by atoms with Crippen LogP contribution in [-0.2, 0) is 0 Å². The van der Waals surface area contributed by atoms with Crippen LogP contribution in [0, 0.1) is 0 Å². The van der Waals surface area contributed by atoms with Gasteiger partial charge in [0, 0.05) is 25.2 Å². The van der Waals surface area contributed by atoms with Gasteiger partial charge in [-0.15, -0.1) is 0 Å². The van der Waals surface area contributed by atoms with Gasteiger partial charge in [0.2, 0.25) is 0 Å². The summed E-state index contributed by atoms with van der Waals surface area (Å²) < 4.78 is 0. The number of nitrogens with zero attached hydrogens (tertiary/aromatic N) is 1. The quantitative estimate of drug-likeness (QED) is 0.710. The van der Waals surface area contributed by atoms with Gasteiger partial charge < -0.3 is 5.32 Å². The lowest BCUT2D eigenvalue weighted by atomic mass is 9.93. The van der Waals surface area contributed by atoms with Crippen LogP contribution in [-0.4, -0.2) is 36.6 Å². The van der Waals surface area contributed by atoms with Crippen molar-refractivity contribution in [1.82, 2.24) is 10.2 Å². The van der Waals surface area contributed by atoms with Crippen LogP contribution in [0.25, 0.3) is 0 Å². The van der Waals surface area contributed by atoms with Crippen molar-refractivity contribution in [3.63, 3.8) is 0 Å². The van der Waals surface area contributed by atoms with E-state index in [1.807, 2.05) is 0 Å². The highest BCUT2D eigenvalue weighted by molar-refractivity contribution is 4.79. The Balaban J connectivity index is 1.56. The lowest BCUT2D eigenvalue weighted by Gasteiger charge is -2.28. The van der Waals surface area contributed by atoms with Crippen LogP contribution in [0.5, 0.6) is 0 Å². The van der Waals surface area contributed by atoms with Crippen molar-refractivity contribution < 1.29 is 0 Å². The van der Waals surface area contributed by atoms with E-state index in [9.17, 15) is 0 Å². The molecule has 0 amide bonds. The Hall–Kier alpha value is -0.0800. The van der Waals surface area contributed by atoms with E-state index in [1.165, 1.54) is 51.7 Å². The predicted octanol–water partition coefficient (Wildman–Crippen LogP) is 1.61. The molecule has 0 aromatic rings. The van der Waals surface area contributed by atoms with Crippen LogP contribution < -0.4 is 5.32 Å². The SMILES string of the molecule is CC1CCCN1CCNC1CCC1. The molecule has 2 heteroatoms. The fraction of sp³-hybridized carbons (Fsp3) is 1.00. The monoisotopic (exact) mass is 182 g/mol. The van der Waals surface area contributed by atoms with Gasteiger partial charge in [0.1, 0.15) is 0 Å². The van der Waals surface area contributed by atoms with E-state index < -0.39 is 0 Å². The van der Waals surface area contributed by atoms with Gasteiger partial charge in [-0.25, -0.2) is 0 Å². The lowest BCUT2D eigenvalue weighted by Crippen LogP contribution is -2.41. The van der Waals surface area contributed by atoms with Gasteiger partial charge in [0.25, 0.3) is 0 Å². The zero-order valence-electron chi connectivity index (χ0n) is 8.76. The topological polar surface area (TPSA) is 15.3 Å². The number of likely N-dealkylation sites (tertiary alicyclic amines) is 1. The van der Waals surface area contributed by atoms with E-state index in [-0.39, 0.29) is 0 Å². The lowest BCUT2D eigenvalue weighted by molar-refractivity contribution is 0.250. The number of rotatable bonds is 4. The van der Waals surface area contributed by atoms with Gasteiger partial charge in [0.15, 0.2) is 0 Å². The summed E-state index contributed by atoms with van der Waals surface area (Å²) >= 11 is 0. The predicted molar refractivity (Wildman–Crippen MR) is 55.9 cm³/mol. The molecular formula is C11H22N2. The van der Waals surface area contributed by atoms with E-state index in [2.05, 4.69) is 17.1 Å². The van der Waals surface area contributed by atoms with Crippen LogP contribution in [0.3, 0.4) is 0 Å². The highest BCUT2D eigenvalue weighted by Crippen LogP contribution is 2.18. The molecule has 1 saturated heterocycles. The zero-order valence-corrected chi connectivity index (χ0v) is 8.76. The number of nitrogens with one attached hydrogen (secondary N) is 1. The maximum Gasteiger partial charge on any atom is 0.0110 e. The third-order valence-corrected chi connectivity index (χ3v) is 3.63. The molecule has 76 valence electrons.